The maximum Gasteiger partial charge on any atom is 0.215 e. The van der Waals surface area contributed by atoms with Gasteiger partial charge >= 0.3 is 0 Å². The molecule has 0 aliphatic carbocycles. The molecule has 0 bridgehead atoms. The van der Waals surface area contributed by atoms with Crippen molar-refractivity contribution in [1.29, 1.82) is 0 Å². The summed E-state index contributed by atoms with van der Waals surface area (Å²) in [6, 6.07) is 9.33. The zero-order valence-electron chi connectivity index (χ0n) is 10.8. The van der Waals surface area contributed by atoms with Crippen molar-refractivity contribution in [2.75, 3.05) is 20.1 Å². The lowest BCUT2D eigenvalue weighted by atomic mass is 10.1. The van der Waals surface area contributed by atoms with Gasteiger partial charge in [-0.25, -0.2) is 13.1 Å². The molecule has 0 unspecified atom stereocenters. The smallest absolute Gasteiger partial charge is 0.215 e. The number of nitrogens with one attached hydrogen (secondary N) is 2. The van der Waals surface area contributed by atoms with Gasteiger partial charge in [0.15, 0.2) is 0 Å². The summed E-state index contributed by atoms with van der Waals surface area (Å²) in [7, 11) is -1.55. The summed E-state index contributed by atoms with van der Waals surface area (Å²) in [4.78, 5) is 4.26. The predicted molar refractivity (Wildman–Crippen MR) is 76.3 cm³/mol. The van der Waals surface area contributed by atoms with Crippen LogP contribution >= 0.6 is 0 Å². The molecule has 2 rings (SSSR count). The molecule has 1 aromatic heterocycles. The van der Waals surface area contributed by atoms with Crippen LogP contribution in [0.4, 0.5) is 0 Å². The van der Waals surface area contributed by atoms with Gasteiger partial charge in [-0.05, 0) is 18.7 Å². The fraction of sp³-hybridized carbons (Fsp3) is 0.308. The number of nitrogens with zero attached hydrogens (tertiary/aromatic N) is 1. The third-order valence-electron chi connectivity index (χ3n) is 2.76. The van der Waals surface area contributed by atoms with Crippen molar-refractivity contribution >= 4 is 20.9 Å². The molecule has 0 aliphatic rings. The van der Waals surface area contributed by atoms with E-state index in [4.69, 9.17) is 0 Å². The molecular weight excluding hydrogens is 262 g/mol. The molecule has 2 N–H and O–H groups in total. The fourth-order valence-electron chi connectivity index (χ4n) is 1.87. The number of aromatic nitrogens is 1. The molecule has 0 radical (unpaired) electrons. The number of likely N-dealkylation sites (N-methyl/N-ethyl adjacent to an activating group) is 1. The van der Waals surface area contributed by atoms with E-state index in [1.165, 1.54) is 0 Å². The number of pyridine rings is 1. The number of para-hydroxylation sites is 1. The second-order valence-electron chi connectivity index (χ2n) is 4.25. The Hall–Kier alpha value is -1.50. The Morgan fingerprint density at radius 2 is 1.95 bits per heavy atom. The monoisotopic (exact) mass is 279 g/mol. The molecule has 2 aromatic rings. The Morgan fingerprint density at radius 1 is 1.16 bits per heavy atom. The number of hydrogen-bond donors (Lipinski definition) is 2. The molecular formula is C13H17N3O2S. The normalized spacial score (nSPS) is 11.8. The third kappa shape index (κ3) is 3.73. The van der Waals surface area contributed by atoms with Gasteiger partial charge in [0.25, 0.3) is 0 Å². The van der Waals surface area contributed by atoms with E-state index in [9.17, 15) is 8.42 Å². The average Bonchev–Trinajstić information content (AvgIpc) is 2.39. The van der Waals surface area contributed by atoms with E-state index < -0.39 is 10.0 Å². The summed E-state index contributed by atoms with van der Waals surface area (Å²) in [6.45, 7) is 0.990. The molecule has 0 aliphatic heterocycles. The van der Waals surface area contributed by atoms with Gasteiger partial charge in [0, 0.05) is 24.7 Å². The second-order valence-corrected chi connectivity index (χ2v) is 6.06. The first-order chi connectivity index (χ1) is 9.12. The van der Waals surface area contributed by atoms with E-state index in [1.807, 2.05) is 24.3 Å². The van der Waals surface area contributed by atoms with Crippen LogP contribution in [0.2, 0.25) is 0 Å². The molecule has 1 heterocycles. The highest BCUT2D eigenvalue weighted by Crippen LogP contribution is 2.17. The zero-order chi connectivity index (χ0) is 13.7. The highest BCUT2D eigenvalue weighted by atomic mass is 32.2. The first-order valence-corrected chi connectivity index (χ1v) is 7.72. The molecule has 102 valence electrons. The number of sulfonamides is 1. The quantitative estimate of drug-likeness (QED) is 0.770. The van der Waals surface area contributed by atoms with Crippen molar-refractivity contribution in [2.24, 2.45) is 0 Å². The first-order valence-electron chi connectivity index (χ1n) is 6.07. The van der Waals surface area contributed by atoms with Gasteiger partial charge in [0.05, 0.1) is 11.3 Å². The van der Waals surface area contributed by atoms with Gasteiger partial charge < -0.3 is 5.32 Å². The average molecular weight is 279 g/mol. The van der Waals surface area contributed by atoms with E-state index >= 15 is 0 Å². The van der Waals surface area contributed by atoms with Crippen LogP contribution in [-0.2, 0) is 15.8 Å². The van der Waals surface area contributed by atoms with Crippen LogP contribution in [0.15, 0.2) is 36.5 Å². The fourth-order valence-corrected chi connectivity index (χ4v) is 3.03. The third-order valence-corrected chi connectivity index (χ3v) is 4.09. The van der Waals surface area contributed by atoms with E-state index in [0.29, 0.717) is 13.1 Å². The topological polar surface area (TPSA) is 71.1 Å². The van der Waals surface area contributed by atoms with Gasteiger partial charge in [-0.15, -0.1) is 0 Å². The molecule has 0 amide bonds. The van der Waals surface area contributed by atoms with Gasteiger partial charge in [-0.2, -0.15) is 0 Å². The molecule has 6 heteroatoms. The van der Waals surface area contributed by atoms with Crippen LogP contribution in [-0.4, -0.2) is 33.5 Å². The maximum absolute atomic E-state index is 12.0. The van der Waals surface area contributed by atoms with Crippen LogP contribution in [0.5, 0.6) is 0 Å². The molecule has 5 nitrogen and oxygen atoms in total. The molecule has 0 atom stereocenters. The summed E-state index contributed by atoms with van der Waals surface area (Å²) in [5.74, 6) is -0.0505. The highest BCUT2D eigenvalue weighted by Gasteiger charge is 2.13. The van der Waals surface area contributed by atoms with Crippen LogP contribution in [0.3, 0.4) is 0 Å². The van der Waals surface area contributed by atoms with Crippen molar-refractivity contribution in [1.82, 2.24) is 15.0 Å². The minimum Gasteiger partial charge on any atom is -0.318 e. The number of benzene rings is 1. The van der Waals surface area contributed by atoms with Crippen molar-refractivity contribution < 1.29 is 8.42 Å². The molecule has 0 saturated carbocycles. The summed E-state index contributed by atoms with van der Waals surface area (Å²) in [6.07, 6.45) is 1.67. The number of hydrogen-bond acceptors (Lipinski definition) is 4. The molecule has 0 fully saturated rings. The maximum atomic E-state index is 12.0. The largest absolute Gasteiger partial charge is 0.318 e. The Kier molecular flexibility index (Phi) is 4.47. The van der Waals surface area contributed by atoms with E-state index in [2.05, 4.69) is 15.0 Å². The lowest BCUT2D eigenvalue weighted by Crippen LogP contribution is -2.31. The van der Waals surface area contributed by atoms with Crippen molar-refractivity contribution in [3.63, 3.8) is 0 Å². The Balaban J connectivity index is 2.21. The van der Waals surface area contributed by atoms with Crippen molar-refractivity contribution in [3.8, 4) is 0 Å². The van der Waals surface area contributed by atoms with Crippen LogP contribution < -0.4 is 10.0 Å². The minimum atomic E-state index is -3.33. The van der Waals surface area contributed by atoms with E-state index in [-0.39, 0.29) is 5.75 Å². The summed E-state index contributed by atoms with van der Waals surface area (Å²) in [5.41, 5.74) is 1.46. The highest BCUT2D eigenvalue weighted by molar-refractivity contribution is 7.88. The first kappa shape index (κ1) is 13.9. The number of rotatable bonds is 6. The van der Waals surface area contributed by atoms with Gasteiger partial charge in [0.2, 0.25) is 10.0 Å². The minimum absolute atomic E-state index is 0.0505. The van der Waals surface area contributed by atoms with Crippen molar-refractivity contribution in [2.45, 2.75) is 5.75 Å². The second kappa shape index (κ2) is 6.10. The summed E-state index contributed by atoms with van der Waals surface area (Å²) >= 11 is 0. The van der Waals surface area contributed by atoms with Gasteiger partial charge in [-0.1, -0.05) is 24.3 Å². The molecule has 0 saturated heterocycles. The molecule has 19 heavy (non-hydrogen) atoms. The lowest BCUT2D eigenvalue weighted by molar-refractivity contribution is 0.579. The summed E-state index contributed by atoms with van der Waals surface area (Å²) < 4.78 is 26.5. The Bertz CT molecular complexity index is 650. The standard InChI is InChI=1S/C13H17N3O2S/c1-14-8-9-16-19(17,18)10-12-5-2-4-11-6-3-7-15-13(11)12/h2-7,14,16H,8-10H2,1H3. The van der Waals surface area contributed by atoms with Crippen LogP contribution in [0, 0.1) is 0 Å². The molecule has 0 spiro atoms. The van der Waals surface area contributed by atoms with Gasteiger partial charge in [-0.3, -0.25) is 4.98 Å². The zero-order valence-corrected chi connectivity index (χ0v) is 11.6. The predicted octanol–water partition coefficient (Wildman–Crippen LogP) is 0.874. The molecule has 1 aromatic carbocycles. The van der Waals surface area contributed by atoms with E-state index in [0.717, 1.165) is 16.5 Å². The Morgan fingerprint density at radius 3 is 2.74 bits per heavy atom. The van der Waals surface area contributed by atoms with Crippen LogP contribution in [0.1, 0.15) is 5.56 Å². The summed E-state index contributed by atoms with van der Waals surface area (Å²) in [5, 5.41) is 3.84. The Labute approximate surface area is 113 Å². The van der Waals surface area contributed by atoms with Gasteiger partial charge in [0.1, 0.15) is 0 Å². The SMILES string of the molecule is CNCCNS(=O)(=O)Cc1cccc2cccnc12. The number of fused-ring (bicyclic) bond motifs is 1. The van der Waals surface area contributed by atoms with Crippen LogP contribution in [0.25, 0.3) is 10.9 Å². The lowest BCUT2D eigenvalue weighted by Gasteiger charge is -2.08. The van der Waals surface area contributed by atoms with E-state index in [1.54, 1.807) is 19.3 Å². The van der Waals surface area contributed by atoms with Crippen molar-refractivity contribution in [3.05, 3.63) is 42.1 Å².